The van der Waals surface area contributed by atoms with Crippen molar-refractivity contribution in [1.82, 2.24) is 15.5 Å². The molecule has 2 aromatic carbocycles. The lowest BCUT2D eigenvalue weighted by molar-refractivity contribution is -0.105. The number of aromatic hydroxyl groups is 1. The zero-order chi connectivity index (χ0) is 28.2. The highest BCUT2D eigenvalue weighted by atomic mass is 16.3. The molecule has 9 nitrogen and oxygen atoms in total. The van der Waals surface area contributed by atoms with Crippen LogP contribution in [0.15, 0.2) is 81.7 Å². The number of para-hydroxylation sites is 1. The standard InChI is InChI=1S/C30H38N6O3/c1-21(16-27(26-9-5-6-10-29(26)38)35-22(2)28(32-4)18-31-3)33-17-23-8-7-15-36(19-23)30(39)24-11-13-25(14-12-24)34-20-37/h5-6,9-14,16,18,20,23,32-33,38H,7-8,15,17,19H2,1-4H3,(H,34,37)/b21-16+,28-22-,31-18?,35-27+. The molecule has 0 bridgehead atoms. The largest absolute Gasteiger partial charge is 0.507 e. The van der Waals surface area contributed by atoms with Crippen molar-refractivity contribution < 1.29 is 14.7 Å². The van der Waals surface area contributed by atoms with Crippen molar-refractivity contribution >= 4 is 29.9 Å². The lowest BCUT2D eigenvalue weighted by atomic mass is 9.97. The molecule has 0 spiro atoms. The summed E-state index contributed by atoms with van der Waals surface area (Å²) in [5.74, 6) is 0.447. The van der Waals surface area contributed by atoms with E-state index in [1.54, 1.807) is 49.7 Å². The van der Waals surface area contributed by atoms with Gasteiger partial charge in [0.05, 0.1) is 17.1 Å². The van der Waals surface area contributed by atoms with Crippen LogP contribution in [-0.4, -0.2) is 68.0 Å². The fraction of sp³-hybridized carbons (Fsp3) is 0.333. The van der Waals surface area contributed by atoms with E-state index < -0.39 is 0 Å². The average molecular weight is 531 g/mol. The molecular weight excluding hydrogens is 492 g/mol. The number of likely N-dealkylation sites (tertiary alicyclic amines) is 1. The van der Waals surface area contributed by atoms with E-state index in [1.165, 1.54) is 0 Å². The van der Waals surface area contributed by atoms with Crippen LogP contribution in [0.5, 0.6) is 5.75 Å². The molecule has 2 aromatic rings. The maximum atomic E-state index is 13.1. The van der Waals surface area contributed by atoms with Crippen LogP contribution in [0.4, 0.5) is 5.69 Å². The molecule has 206 valence electrons. The van der Waals surface area contributed by atoms with Crippen LogP contribution in [0, 0.1) is 5.92 Å². The number of hydrogen-bond acceptors (Lipinski definition) is 7. The lowest BCUT2D eigenvalue weighted by Gasteiger charge is -2.33. The predicted octanol–water partition coefficient (Wildman–Crippen LogP) is 3.95. The molecule has 2 amide bonds. The number of carbonyl (C=O) groups is 2. The Morgan fingerprint density at radius 2 is 1.90 bits per heavy atom. The second kappa shape index (κ2) is 14.5. The van der Waals surface area contributed by atoms with Crippen LogP contribution in [0.25, 0.3) is 0 Å². The molecule has 1 atom stereocenters. The number of piperidine rings is 1. The number of nitrogens with zero attached hydrogens (tertiary/aromatic N) is 3. The molecule has 1 heterocycles. The minimum absolute atomic E-state index is 0.00296. The Labute approximate surface area is 230 Å². The second-order valence-corrected chi connectivity index (χ2v) is 9.46. The van der Waals surface area contributed by atoms with Crippen LogP contribution in [0.3, 0.4) is 0 Å². The Morgan fingerprint density at radius 1 is 1.15 bits per heavy atom. The Bertz CT molecular complexity index is 1260. The van der Waals surface area contributed by atoms with Gasteiger partial charge < -0.3 is 26.0 Å². The highest BCUT2D eigenvalue weighted by molar-refractivity contribution is 6.11. The minimum Gasteiger partial charge on any atom is -0.507 e. The van der Waals surface area contributed by atoms with E-state index >= 15 is 0 Å². The van der Waals surface area contributed by atoms with Gasteiger partial charge in [-0.05, 0) is 75.1 Å². The zero-order valence-electron chi connectivity index (χ0n) is 23.1. The van der Waals surface area contributed by atoms with Gasteiger partial charge in [-0.25, -0.2) is 0 Å². The summed E-state index contributed by atoms with van der Waals surface area (Å²) in [5, 5.41) is 19.7. The molecule has 1 saturated heterocycles. The third-order valence-electron chi connectivity index (χ3n) is 6.57. The third-order valence-corrected chi connectivity index (χ3v) is 6.57. The van der Waals surface area contributed by atoms with Gasteiger partial charge in [0.25, 0.3) is 5.91 Å². The summed E-state index contributed by atoms with van der Waals surface area (Å²) in [6, 6.07) is 14.1. The Hall–Kier alpha value is -4.40. The van der Waals surface area contributed by atoms with Crippen LogP contribution in [-0.2, 0) is 4.79 Å². The first-order valence-corrected chi connectivity index (χ1v) is 13.1. The summed E-state index contributed by atoms with van der Waals surface area (Å²) in [6.45, 7) is 5.97. The summed E-state index contributed by atoms with van der Waals surface area (Å²) in [5.41, 5.74) is 4.95. The van der Waals surface area contributed by atoms with Gasteiger partial charge in [0.2, 0.25) is 6.41 Å². The summed E-state index contributed by atoms with van der Waals surface area (Å²) >= 11 is 0. The van der Waals surface area contributed by atoms with Crippen LogP contribution < -0.4 is 16.0 Å². The summed E-state index contributed by atoms with van der Waals surface area (Å²) in [7, 11) is 3.52. The molecule has 0 saturated carbocycles. The third kappa shape index (κ3) is 8.29. The Balaban J connectivity index is 1.72. The minimum atomic E-state index is -0.00296. The molecule has 0 aliphatic carbocycles. The number of carbonyl (C=O) groups excluding carboxylic acids is 2. The SMILES string of the molecule is CN=C/C(NC)=C(C)/N=C(\C=C(/C)NCC1CCCN(C(=O)c2ccc(NC=O)cc2)C1)c1ccccc1O. The highest BCUT2D eigenvalue weighted by Gasteiger charge is 2.24. The van der Waals surface area contributed by atoms with Crippen molar-refractivity contribution in [2.45, 2.75) is 26.7 Å². The molecule has 1 unspecified atom stereocenters. The van der Waals surface area contributed by atoms with Gasteiger partial charge in [-0.15, -0.1) is 0 Å². The van der Waals surface area contributed by atoms with Gasteiger partial charge in [0.15, 0.2) is 0 Å². The van der Waals surface area contributed by atoms with Crippen molar-refractivity contribution in [2.75, 3.05) is 39.0 Å². The summed E-state index contributed by atoms with van der Waals surface area (Å²) in [4.78, 5) is 34.5. The topological polar surface area (TPSA) is 118 Å². The van der Waals surface area contributed by atoms with Crippen molar-refractivity contribution in [2.24, 2.45) is 15.9 Å². The first-order valence-electron chi connectivity index (χ1n) is 13.1. The first-order chi connectivity index (χ1) is 18.9. The number of hydrogen-bond donors (Lipinski definition) is 4. The maximum Gasteiger partial charge on any atom is 0.253 e. The molecule has 4 N–H and O–H groups in total. The van der Waals surface area contributed by atoms with Gasteiger partial charge >= 0.3 is 0 Å². The molecule has 39 heavy (non-hydrogen) atoms. The first kappa shape index (κ1) is 29.2. The van der Waals surface area contributed by atoms with Crippen molar-refractivity contribution in [3.05, 3.63) is 82.8 Å². The number of aliphatic imine (C=N–C) groups is 2. The predicted molar refractivity (Wildman–Crippen MR) is 157 cm³/mol. The Morgan fingerprint density at radius 3 is 2.56 bits per heavy atom. The van der Waals surface area contributed by atoms with Crippen molar-refractivity contribution in [3.8, 4) is 5.75 Å². The van der Waals surface area contributed by atoms with Crippen LogP contribution in [0.1, 0.15) is 42.6 Å². The molecule has 1 aliphatic heterocycles. The molecule has 3 rings (SSSR count). The Kier molecular flexibility index (Phi) is 10.9. The van der Waals surface area contributed by atoms with E-state index in [0.717, 1.165) is 36.5 Å². The van der Waals surface area contributed by atoms with Gasteiger partial charge in [0.1, 0.15) is 5.75 Å². The maximum absolute atomic E-state index is 13.1. The van der Waals surface area contributed by atoms with E-state index in [9.17, 15) is 14.7 Å². The monoisotopic (exact) mass is 530 g/mol. The van der Waals surface area contributed by atoms with Crippen LogP contribution in [0.2, 0.25) is 0 Å². The number of anilines is 1. The fourth-order valence-electron chi connectivity index (χ4n) is 4.51. The fourth-order valence-corrected chi connectivity index (χ4v) is 4.51. The van der Waals surface area contributed by atoms with Crippen LogP contribution >= 0.6 is 0 Å². The quantitative estimate of drug-likeness (QED) is 0.259. The number of phenolic OH excluding ortho intramolecular Hbond substituents is 1. The molecule has 9 heteroatoms. The number of benzene rings is 2. The average Bonchev–Trinajstić information content (AvgIpc) is 2.95. The van der Waals surface area contributed by atoms with E-state index in [-0.39, 0.29) is 11.7 Å². The smallest absolute Gasteiger partial charge is 0.253 e. The molecule has 1 aliphatic rings. The van der Waals surface area contributed by atoms with Gasteiger partial charge in [-0.3, -0.25) is 19.6 Å². The normalized spacial score (nSPS) is 17.0. The van der Waals surface area contributed by atoms with Gasteiger partial charge in [0, 0.05) is 62.5 Å². The molecular formula is C30H38N6O3. The highest BCUT2D eigenvalue weighted by Crippen LogP contribution is 2.21. The lowest BCUT2D eigenvalue weighted by Crippen LogP contribution is -2.42. The van der Waals surface area contributed by atoms with E-state index in [1.807, 2.05) is 44.0 Å². The van der Waals surface area contributed by atoms with Gasteiger partial charge in [-0.2, -0.15) is 0 Å². The number of rotatable bonds is 11. The molecule has 0 radical (unpaired) electrons. The van der Waals surface area contributed by atoms with E-state index in [0.29, 0.717) is 47.9 Å². The second-order valence-electron chi connectivity index (χ2n) is 9.46. The van der Waals surface area contributed by atoms with E-state index in [2.05, 4.69) is 20.9 Å². The van der Waals surface area contributed by atoms with E-state index in [4.69, 9.17) is 4.99 Å². The zero-order valence-corrected chi connectivity index (χ0v) is 23.1. The van der Waals surface area contributed by atoms with Crippen molar-refractivity contribution in [3.63, 3.8) is 0 Å². The number of amides is 2. The molecule has 0 aromatic heterocycles. The molecule has 1 fully saturated rings. The van der Waals surface area contributed by atoms with Crippen molar-refractivity contribution in [1.29, 1.82) is 0 Å². The summed E-state index contributed by atoms with van der Waals surface area (Å²) in [6.07, 6.45) is 6.21. The number of phenols is 1. The number of allylic oxidation sites excluding steroid dienone is 4. The van der Waals surface area contributed by atoms with Gasteiger partial charge in [-0.1, -0.05) is 12.1 Å². The summed E-state index contributed by atoms with van der Waals surface area (Å²) < 4.78 is 0. The number of nitrogens with one attached hydrogen (secondary N) is 3.